The van der Waals surface area contributed by atoms with Gasteiger partial charge in [0.05, 0.1) is 5.69 Å². The van der Waals surface area contributed by atoms with Crippen LogP contribution in [-0.4, -0.2) is 53.5 Å². The van der Waals surface area contributed by atoms with Crippen molar-refractivity contribution in [1.29, 1.82) is 0 Å². The molecule has 1 aliphatic rings. The van der Waals surface area contributed by atoms with Gasteiger partial charge in [0.25, 0.3) is 0 Å². The zero-order valence-corrected chi connectivity index (χ0v) is 15.9. The minimum Gasteiger partial charge on any atom is -0.441 e. The van der Waals surface area contributed by atoms with Crippen molar-refractivity contribution in [2.75, 3.05) is 32.7 Å². The van der Waals surface area contributed by atoms with Crippen LogP contribution in [0.15, 0.2) is 28.7 Å². The number of benzene rings is 1. The molecule has 1 aromatic heterocycles. The van der Waals surface area contributed by atoms with Crippen molar-refractivity contribution in [3.8, 4) is 11.5 Å². The molecule has 1 saturated heterocycles. The Balaban J connectivity index is 1.59. The van der Waals surface area contributed by atoms with Crippen LogP contribution in [0, 0.1) is 13.8 Å². The molecule has 0 radical (unpaired) electrons. The van der Waals surface area contributed by atoms with Gasteiger partial charge >= 0.3 is 6.03 Å². The fraction of sp³-hybridized carbons (Fsp3) is 0.500. The first-order valence-corrected chi connectivity index (χ1v) is 9.36. The van der Waals surface area contributed by atoms with E-state index in [-0.39, 0.29) is 6.03 Å². The second-order valence-corrected chi connectivity index (χ2v) is 6.83. The van der Waals surface area contributed by atoms with E-state index in [2.05, 4.69) is 30.1 Å². The predicted molar refractivity (Wildman–Crippen MR) is 102 cm³/mol. The molecule has 0 unspecified atom stereocenters. The molecule has 0 bridgehead atoms. The zero-order valence-electron chi connectivity index (χ0n) is 15.9. The Morgan fingerprint density at radius 1 is 1.19 bits per heavy atom. The molecule has 1 aliphatic heterocycles. The summed E-state index contributed by atoms with van der Waals surface area (Å²) in [6.45, 7) is 10.8. The predicted octanol–water partition coefficient (Wildman–Crippen LogP) is 3.20. The number of hydrogen-bond acceptors (Lipinski definition) is 4. The van der Waals surface area contributed by atoms with Crippen LogP contribution in [0.4, 0.5) is 4.79 Å². The third-order valence-electron chi connectivity index (χ3n) is 4.83. The van der Waals surface area contributed by atoms with E-state index in [4.69, 9.17) is 9.40 Å². The quantitative estimate of drug-likeness (QED) is 0.894. The third kappa shape index (κ3) is 4.25. The smallest absolute Gasteiger partial charge is 0.317 e. The Hall–Kier alpha value is -2.34. The Bertz CT molecular complexity index is 748. The van der Waals surface area contributed by atoms with E-state index < -0.39 is 0 Å². The molecule has 2 heterocycles. The highest BCUT2D eigenvalue weighted by molar-refractivity contribution is 5.74. The van der Waals surface area contributed by atoms with Gasteiger partial charge in [-0.15, -0.1) is 0 Å². The number of carbonyl (C=O) groups excluding carboxylic acids is 1. The third-order valence-corrected chi connectivity index (χ3v) is 4.83. The number of rotatable bonds is 5. The highest BCUT2D eigenvalue weighted by Gasteiger charge is 2.22. The molecule has 3 rings (SSSR count). The van der Waals surface area contributed by atoms with E-state index in [0.29, 0.717) is 5.89 Å². The molecule has 6 heteroatoms. The van der Waals surface area contributed by atoms with Gasteiger partial charge < -0.3 is 14.6 Å². The maximum atomic E-state index is 12.0. The molecule has 2 aromatic rings. The molecule has 0 saturated carbocycles. The lowest BCUT2D eigenvalue weighted by Gasteiger charge is -2.34. The normalized spacial score (nSPS) is 15.3. The van der Waals surface area contributed by atoms with E-state index >= 15 is 0 Å². The van der Waals surface area contributed by atoms with Crippen LogP contribution in [0.5, 0.6) is 0 Å². The van der Waals surface area contributed by atoms with Crippen molar-refractivity contribution in [2.24, 2.45) is 0 Å². The van der Waals surface area contributed by atoms with Crippen LogP contribution in [-0.2, 0) is 6.54 Å². The Kier molecular flexibility index (Phi) is 5.93. The Morgan fingerprint density at radius 2 is 1.92 bits per heavy atom. The molecule has 0 atom stereocenters. The summed E-state index contributed by atoms with van der Waals surface area (Å²) in [4.78, 5) is 21.0. The number of nitrogens with one attached hydrogen (secondary N) is 1. The lowest BCUT2D eigenvalue weighted by molar-refractivity contribution is 0.134. The number of oxazole rings is 1. The number of piperazine rings is 1. The molecule has 1 N–H and O–H groups in total. The molecule has 1 fully saturated rings. The first-order valence-electron chi connectivity index (χ1n) is 9.36. The van der Waals surface area contributed by atoms with Gasteiger partial charge in [0.1, 0.15) is 5.76 Å². The van der Waals surface area contributed by atoms with Crippen LogP contribution in [0.3, 0.4) is 0 Å². The minimum atomic E-state index is 0.0472. The van der Waals surface area contributed by atoms with Gasteiger partial charge in [-0.2, -0.15) is 0 Å². The van der Waals surface area contributed by atoms with Gasteiger partial charge in [-0.05, 0) is 31.9 Å². The number of hydrogen-bond donors (Lipinski definition) is 1. The number of aromatic nitrogens is 1. The van der Waals surface area contributed by atoms with Gasteiger partial charge in [0, 0.05) is 44.8 Å². The van der Waals surface area contributed by atoms with Crippen molar-refractivity contribution >= 4 is 6.03 Å². The summed E-state index contributed by atoms with van der Waals surface area (Å²) in [5, 5.41) is 2.94. The van der Waals surface area contributed by atoms with Crippen LogP contribution >= 0.6 is 0 Å². The van der Waals surface area contributed by atoms with Crippen LogP contribution < -0.4 is 5.32 Å². The van der Waals surface area contributed by atoms with Crippen LogP contribution in [0.2, 0.25) is 0 Å². The number of nitrogens with zero attached hydrogens (tertiary/aromatic N) is 3. The fourth-order valence-corrected chi connectivity index (χ4v) is 3.17. The number of carbonyl (C=O) groups is 1. The highest BCUT2D eigenvalue weighted by Crippen LogP contribution is 2.25. The molecule has 2 amide bonds. The van der Waals surface area contributed by atoms with Gasteiger partial charge in [-0.1, -0.05) is 25.1 Å². The molecular weight excluding hydrogens is 328 g/mol. The topological polar surface area (TPSA) is 61.6 Å². The summed E-state index contributed by atoms with van der Waals surface area (Å²) >= 11 is 0. The zero-order chi connectivity index (χ0) is 18.5. The maximum absolute atomic E-state index is 12.0. The first kappa shape index (κ1) is 18.5. The number of urea groups is 1. The standard InChI is InChI=1S/C20H28N4O2/c1-4-9-21-20(25)24-12-10-23(11-13-24)14-18-16(3)26-19(22-18)17-8-6-5-7-15(17)2/h5-8H,4,9-14H2,1-3H3,(H,21,25). The van der Waals surface area contributed by atoms with E-state index in [9.17, 15) is 4.79 Å². The first-order chi connectivity index (χ1) is 12.6. The SMILES string of the molecule is CCCNC(=O)N1CCN(Cc2nc(-c3ccccc3C)oc2C)CC1. The van der Waals surface area contributed by atoms with Gasteiger partial charge in [0.2, 0.25) is 5.89 Å². The monoisotopic (exact) mass is 356 g/mol. The number of aryl methyl sites for hydroxylation is 2. The molecule has 1 aromatic carbocycles. The lowest BCUT2D eigenvalue weighted by atomic mass is 10.1. The minimum absolute atomic E-state index is 0.0472. The van der Waals surface area contributed by atoms with E-state index in [1.165, 1.54) is 0 Å². The lowest BCUT2D eigenvalue weighted by Crippen LogP contribution is -2.51. The van der Waals surface area contributed by atoms with Gasteiger partial charge in [-0.25, -0.2) is 9.78 Å². The van der Waals surface area contributed by atoms with Crippen molar-refractivity contribution in [2.45, 2.75) is 33.7 Å². The summed E-state index contributed by atoms with van der Waals surface area (Å²) < 4.78 is 5.91. The molecule has 6 nitrogen and oxygen atoms in total. The average Bonchev–Trinajstić information content (AvgIpc) is 3.01. The van der Waals surface area contributed by atoms with Gasteiger partial charge in [0.15, 0.2) is 0 Å². The molecular formula is C20H28N4O2. The highest BCUT2D eigenvalue weighted by atomic mass is 16.4. The van der Waals surface area contributed by atoms with E-state index in [1.807, 2.05) is 30.0 Å². The van der Waals surface area contributed by atoms with Crippen molar-refractivity contribution in [3.05, 3.63) is 41.3 Å². The fourth-order valence-electron chi connectivity index (χ4n) is 3.17. The summed E-state index contributed by atoms with van der Waals surface area (Å²) in [5.74, 6) is 1.56. The summed E-state index contributed by atoms with van der Waals surface area (Å²) in [7, 11) is 0. The molecule has 140 valence electrons. The second kappa shape index (κ2) is 8.36. The largest absolute Gasteiger partial charge is 0.441 e. The molecule has 26 heavy (non-hydrogen) atoms. The summed E-state index contributed by atoms with van der Waals surface area (Å²) in [5.41, 5.74) is 3.18. The van der Waals surface area contributed by atoms with E-state index in [0.717, 1.165) is 68.3 Å². The molecule has 0 aliphatic carbocycles. The second-order valence-electron chi connectivity index (χ2n) is 6.83. The molecule has 0 spiro atoms. The summed E-state index contributed by atoms with van der Waals surface area (Å²) in [6, 6.07) is 8.18. The van der Waals surface area contributed by atoms with Gasteiger partial charge in [-0.3, -0.25) is 4.90 Å². The Labute approximate surface area is 155 Å². The van der Waals surface area contributed by atoms with Crippen LogP contribution in [0.1, 0.15) is 30.4 Å². The maximum Gasteiger partial charge on any atom is 0.317 e. The summed E-state index contributed by atoms with van der Waals surface area (Å²) in [6.07, 6.45) is 0.959. The van der Waals surface area contributed by atoms with Crippen molar-refractivity contribution in [1.82, 2.24) is 20.1 Å². The van der Waals surface area contributed by atoms with Crippen molar-refractivity contribution in [3.63, 3.8) is 0 Å². The number of amides is 2. The van der Waals surface area contributed by atoms with Crippen LogP contribution in [0.25, 0.3) is 11.5 Å². The average molecular weight is 356 g/mol. The van der Waals surface area contributed by atoms with Crippen molar-refractivity contribution < 1.29 is 9.21 Å². The van der Waals surface area contributed by atoms with E-state index in [1.54, 1.807) is 0 Å². The Morgan fingerprint density at radius 3 is 2.62 bits per heavy atom.